The third kappa shape index (κ3) is 3.64. The second-order valence-electron chi connectivity index (χ2n) is 6.23. The Labute approximate surface area is 140 Å². The van der Waals surface area contributed by atoms with Crippen LogP contribution in [0.25, 0.3) is 0 Å². The number of carbonyl (C=O) groups is 2. The van der Waals surface area contributed by atoms with Crippen molar-refractivity contribution in [3.05, 3.63) is 52.9 Å². The SMILES string of the molecule is Cc1ccc(C(=O)N2CCC(NC(=O)c3cc(C)on3)CC2)cc1. The van der Waals surface area contributed by atoms with Crippen molar-refractivity contribution in [1.82, 2.24) is 15.4 Å². The summed E-state index contributed by atoms with van der Waals surface area (Å²) in [5.74, 6) is 0.431. The van der Waals surface area contributed by atoms with Crippen molar-refractivity contribution in [3.63, 3.8) is 0 Å². The van der Waals surface area contributed by atoms with E-state index in [4.69, 9.17) is 4.52 Å². The summed E-state index contributed by atoms with van der Waals surface area (Å²) in [7, 11) is 0. The molecule has 1 aliphatic heterocycles. The highest BCUT2D eigenvalue weighted by atomic mass is 16.5. The highest BCUT2D eigenvalue weighted by Crippen LogP contribution is 2.15. The summed E-state index contributed by atoms with van der Waals surface area (Å²) in [5, 5.41) is 6.68. The molecule has 0 saturated carbocycles. The summed E-state index contributed by atoms with van der Waals surface area (Å²) in [6.45, 7) is 5.02. The summed E-state index contributed by atoms with van der Waals surface area (Å²) in [6, 6.07) is 9.28. The van der Waals surface area contributed by atoms with Gasteiger partial charge in [0.2, 0.25) is 0 Å². The van der Waals surface area contributed by atoms with Gasteiger partial charge in [-0.05, 0) is 38.8 Å². The molecule has 0 bridgehead atoms. The molecule has 1 aromatic heterocycles. The van der Waals surface area contributed by atoms with Gasteiger partial charge in [-0.2, -0.15) is 0 Å². The number of carbonyl (C=O) groups excluding carboxylic acids is 2. The lowest BCUT2D eigenvalue weighted by Crippen LogP contribution is -2.46. The van der Waals surface area contributed by atoms with E-state index in [1.807, 2.05) is 36.1 Å². The number of aromatic nitrogens is 1. The van der Waals surface area contributed by atoms with Crippen LogP contribution in [0.3, 0.4) is 0 Å². The molecule has 3 rings (SSSR count). The van der Waals surface area contributed by atoms with E-state index in [1.165, 1.54) is 0 Å². The van der Waals surface area contributed by atoms with Crippen LogP contribution in [0.1, 0.15) is 45.0 Å². The molecule has 1 aromatic carbocycles. The van der Waals surface area contributed by atoms with E-state index in [-0.39, 0.29) is 17.9 Å². The molecule has 2 heterocycles. The van der Waals surface area contributed by atoms with Crippen LogP contribution in [0.4, 0.5) is 0 Å². The van der Waals surface area contributed by atoms with Gasteiger partial charge in [-0.15, -0.1) is 0 Å². The minimum atomic E-state index is -0.227. The molecule has 126 valence electrons. The topological polar surface area (TPSA) is 75.4 Å². The fourth-order valence-electron chi connectivity index (χ4n) is 2.84. The number of hydrogen-bond donors (Lipinski definition) is 1. The number of hydrogen-bond acceptors (Lipinski definition) is 4. The Morgan fingerprint density at radius 2 is 1.83 bits per heavy atom. The zero-order valence-corrected chi connectivity index (χ0v) is 13.9. The fourth-order valence-corrected chi connectivity index (χ4v) is 2.84. The minimum Gasteiger partial charge on any atom is -0.361 e. The summed E-state index contributed by atoms with van der Waals surface area (Å²) in [6.07, 6.45) is 1.47. The van der Waals surface area contributed by atoms with Crippen LogP contribution in [-0.4, -0.2) is 41.0 Å². The minimum absolute atomic E-state index is 0.0481. The van der Waals surface area contributed by atoms with Gasteiger partial charge in [0, 0.05) is 30.8 Å². The molecule has 0 radical (unpaired) electrons. The van der Waals surface area contributed by atoms with Crippen molar-refractivity contribution in [2.24, 2.45) is 0 Å². The van der Waals surface area contributed by atoms with Crippen molar-refractivity contribution in [1.29, 1.82) is 0 Å². The number of aryl methyl sites for hydroxylation is 2. The van der Waals surface area contributed by atoms with E-state index in [0.717, 1.165) is 18.4 Å². The van der Waals surface area contributed by atoms with Gasteiger partial charge < -0.3 is 14.7 Å². The maximum absolute atomic E-state index is 12.5. The van der Waals surface area contributed by atoms with Crippen LogP contribution in [0.5, 0.6) is 0 Å². The van der Waals surface area contributed by atoms with Crippen molar-refractivity contribution in [2.45, 2.75) is 32.7 Å². The fraction of sp³-hybridized carbons (Fsp3) is 0.389. The Morgan fingerprint density at radius 3 is 2.42 bits per heavy atom. The highest BCUT2D eigenvalue weighted by Gasteiger charge is 2.25. The monoisotopic (exact) mass is 327 g/mol. The van der Waals surface area contributed by atoms with Gasteiger partial charge in [-0.3, -0.25) is 9.59 Å². The number of amides is 2. The zero-order valence-electron chi connectivity index (χ0n) is 13.9. The first-order valence-electron chi connectivity index (χ1n) is 8.13. The standard InChI is InChI=1S/C18H21N3O3/c1-12-3-5-14(6-4-12)18(23)21-9-7-15(8-10-21)19-17(22)16-11-13(2)24-20-16/h3-6,11,15H,7-10H2,1-2H3,(H,19,22). The Bertz CT molecular complexity index is 728. The average molecular weight is 327 g/mol. The first-order chi connectivity index (χ1) is 11.5. The molecule has 0 atom stereocenters. The molecule has 0 unspecified atom stereocenters. The van der Waals surface area contributed by atoms with Crippen LogP contribution in [0, 0.1) is 13.8 Å². The quantitative estimate of drug-likeness (QED) is 0.939. The molecular formula is C18H21N3O3. The third-order valence-electron chi connectivity index (χ3n) is 4.28. The maximum atomic E-state index is 12.5. The summed E-state index contributed by atoms with van der Waals surface area (Å²) >= 11 is 0. The molecular weight excluding hydrogens is 306 g/mol. The summed E-state index contributed by atoms with van der Waals surface area (Å²) in [5.41, 5.74) is 2.14. The molecule has 1 fully saturated rings. The Kier molecular flexibility index (Phi) is 4.64. The van der Waals surface area contributed by atoms with Gasteiger partial charge in [-0.25, -0.2) is 0 Å². The average Bonchev–Trinajstić information content (AvgIpc) is 3.02. The lowest BCUT2D eigenvalue weighted by molar-refractivity contribution is 0.0697. The lowest BCUT2D eigenvalue weighted by atomic mass is 10.0. The predicted molar refractivity (Wildman–Crippen MR) is 88.8 cm³/mol. The number of nitrogens with zero attached hydrogens (tertiary/aromatic N) is 2. The second-order valence-corrected chi connectivity index (χ2v) is 6.23. The van der Waals surface area contributed by atoms with Crippen molar-refractivity contribution in [2.75, 3.05) is 13.1 Å². The zero-order chi connectivity index (χ0) is 17.1. The number of nitrogens with one attached hydrogen (secondary N) is 1. The van der Waals surface area contributed by atoms with Gasteiger partial charge in [0.05, 0.1) is 0 Å². The Morgan fingerprint density at radius 1 is 1.17 bits per heavy atom. The molecule has 1 saturated heterocycles. The van der Waals surface area contributed by atoms with Crippen LogP contribution < -0.4 is 5.32 Å². The van der Waals surface area contributed by atoms with Crippen molar-refractivity contribution >= 4 is 11.8 Å². The van der Waals surface area contributed by atoms with E-state index in [0.29, 0.717) is 30.1 Å². The van der Waals surface area contributed by atoms with Gasteiger partial charge in [-0.1, -0.05) is 22.9 Å². The molecule has 0 aliphatic carbocycles. The van der Waals surface area contributed by atoms with Crippen molar-refractivity contribution in [3.8, 4) is 0 Å². The Balaban J connectivity index is 1.53. The first kappa shape index (κ1) is 16.2. The van der Waals surface area contributed by atoms with Crippen LogP contribution in [-0.2, 0) is 0 Å². The van der Waals surface area contributed by atoms with Gasteiger partial charge >= 0.3 is 0 Å². The lowest BCUT2D eigenvalue weighted by Gasteiger charge is -2.32. The van der Waals surface area contributed by atoms with E-state index < -0.39 is 0 Å². The molecule has 1 aliphatic rings. The van der Waals surface area contributed by atoms with Gasteiger partial charge in [0.1, 0.15) is 5.76 Å². The number of benzene rings is 1. The normalized spacial score (nSPS) is 15.3. The van der Waals surface area contributed by atoms with E-state index in [1.54, 1.807) is 13.0 Å². The van der Waals surface area contributed by atoms with Crippen molar-refractivity contribution < 1.29 is 14.1 Å². The Hall–Kier alpha value is -2.63. The molecule has 2 amide bonds. The number of rotatable bonds is 3. The second kappa shape index (κ2) is 6.86. The van der Waals surface area contributed by atoms with Crippen LogP contribution >= 0.6 is 0 Å². The largest absolute Gasteiger partial charge is 0.361 e. The summed E-state index contributed by atoms with van der Waals surface area (Å²) < 4.78 is 4.92. The molecule has 6 nitrogen and oxygen atoms in total. The van der Waals surface area contributed by atoms with Gasteiger partial charge in [0.25, 0.3) is 11.8 Å². The smallest absolute Gasteiger partial charge is 0.273 e. The molecule has 24 heavy (non-hydrogen) atoms. The van der Waals surface area contributed by atoms with Crippen LogP contribution in [0.2, 0.25) is 0 Å². The molecule has 0 spiro atoms. The highest BCUT2D eigenvalue weighted by molar-refractivity contribution is 5.94. The van der Waals surface area contributed by atoms with E-state index >= 15 is 0 Å². The van der Waals surface area contributed by atoms with E-state index in [2.05, 4.69) is 10.5 Å². The number of likely N-dealkylation sites (tertiary alicyclic amines) is 1. The third-order valence-corrected chi connectivity index (χ3v) is 4.28. The molecule has 1 N–H and O–H groups in total. The van der Waals surface area contributed by atoms with Crippen LogP contribution in [0.15, 0.2) is 34.9 Å². The predicted octanol–water partition coefficient (Wildman–Crippen LogP) is 2.33. The molecule has 6 heteroatoms. The van der Waals surface area contributed by atoms with Gasteiger partial charge in [0.15, 0.2) is 5.69 Å². The first-order valence-corrected chi connectivity index (χ1v) is 8.13. The number of piperidine rings is 1. The molecule has 2 aromatic rings. The maximum Gasteiger partial charge on any atom is 0.273 e. The van der Waals surface area contributed by atoms with E-state index in [9.17, 15) is 9.59 Å². The summed E-state index contributed by atoms with van der Waals surface area (Å²) in [4.78, 5) is 26.4.